The van der Waals surface area contributed by atoms with E-state index in [1.165, 1.54) is 17.5 Å². The molecule has 2 heterocycles. The van der Waals surface area contributed by atoms with Gasteiger partial charge in [-0.3, -0.25) is 9.69 Å². The van der Waals surface area contributed by atoms with Crippen LogP contribution in [0.2, 0.25) is 0 Å². The fourth-order valence-electron chi connectivity index (χ4n) is 3.59. The molecule has 4 rings (SSSR count). The van der Waals surface area contributed by atoms with Gasteiger partial charge in [0.1, 0.15) is 29.6 Å². The van der Waals surface area contributed by atoms with Crippen LogP contribution in [0.1, 0.15) is 42.9 Å². The van der Waals surface area contributed by atoms with Crippen molar-refractivity contribution >= 4 is 29.3 Å². The Morgan fingerprint density at radius 1 is 1.25 bits per heavy atom. The number of thiocarbonyl (C=S) groups is 1. The molecule has 0 unspecified atom stereocenters. The molecule has 0 radical (unpaired) electrons. The van der Waals surface area contributed by atoms with E-state index in [1.54, 1.807) is 11.0 Å². The number of rotatable bonds is 6. The van der Waals surface area contributed by atoms with Gasteiger partial charge in [0.25, 0.3) is 5.91 Å². The van der Waals surface area contributed by atoms with Gasteiger partial charge in [0.15, 0.2) is 5.11 Å². The average molecular weight is 397 g/mol. The van der Waals surface area contributed by atoms with E-state index in [0.717, 1.165) is 18.6 Å². The molecular weight excluding hydrogens is 372 g/mol. The summed E-state index contributed by atoms with van der Waals surface area (Å²) < 4.78 is 11.7. The predicted molar refractivity (Wildman–Crippen MR) is 112 cm³/mol. The number of benzene rings is 1. The van der Waals surface area contributed by atoms with Gasteiger partial charge < -0.3 is 14.5 Å². The summed E-state index contributed by atoms with van der Waals surface area (Å²) in [7, 11) is 0. The van der Waals surface area contributed by atoms with Crippen molar-refractivity contribution in [1.82, 2.24) is 10.2 Å². The molecule has 2 aliphatic rings. The Balaban J connectivity index is 1.40. The van der Waals surface area contributed by atoms with Gasteiger partial charge in [0.2, 0.25) is 0 Å². The topological polar surface area (TPSA) is 54.7 Å². The molecule has 0 saturated carbocycles. The standard InChI is InChI=1S/C22H24N2O3S/c1-14(2)12-24-21(25)20(23-22(24)28)11-18-8-9-19(27-18)13-26-17-7-6-15-4-3-5-16(15)10-17/h6-11,14H,3-5,12-13H2,1-2H3,(H,23,28)/b20-11+. The summed E-state index contributed by atoms with van der Waals surface area (Å²) in [4.78, 5) is 14.1. The third kappa shape index (κ3) is 3.97. The van der Waals surface area contributed by atoms with E-state index in [1.807, 2.05) is 18.2 Å². The first-order chi connectivity index (χ1) is 13.5. The molecule has 28 heavy (non-hydrogen) atoms. The minimum absolute atomic E-state index is 0.119. The van der Waals surface area contributed by atoms with Crippen LogP contribution < -0.4 is 10.1 Å². The third-order valence-corrected chi connectivity index (χ3v) is 5.25. The zero-order valence-corrected chi connectivity index (χ0v) is 17.0. The fourth-order valence-corrected chi connectivity index (χ4v) is 3.85. The zero-order valence-electron chi connectivity index (χ0n) is 16.2. The second-order valence-electron chi connectivity index (χ2n) is 7.67. The molecule has 1 fully saturated rings. The van der Waals surface area contributed by atoms with E-state index in [2.05, 4.69) is 31.3 Å². The number of nitrogens with one attached hydrogen (secondary N) is 1. The number of amides is 1. The van der Waals surface area contributed by atoms with Crippen molar-refractivity contribution in [3.8, 4) is 5.75 Å². The Morgan fingerprint density at radius 3 is 2.89 bits per heavy atom. The molecule has 1 aromatic carbocycles. The smallest absolute Gasteiger partial charge is 0.276 e. The van der Waals surface area contributed by atoms with Crippen LogP contribution in [0.5, 0.6) is 5.75 Å². The highest BCUT2D eigenvalue weighted by Gasteiger charge is 2.31. The Hall–Kier alpha value is -2.60. The van der Waals surface area contributed by atoms with Gasteiger partial charge in [-0.15, -0.1) is 0 Å². The highest BCUT2D eigenvalue weighted by Crippen LogP contribution is 2.26. The van der Waals surface area contributed by atoms with Crippen molar-refractivity contribution in [3.05, 3.63) is 58.7 Å². The molecule has 0 spiro atoms. The van der Waals surface area contributed by atoms with E-state index in [0.29, 0.717) is 41.4 Å². The van der Waals surface area contributed by atoms with Crippen LogP contribution in [0.3, 0.4) is 0 Å². The van der Waals surface area contributed by atoms with Crippen molar-refractivity contribution < 1.29 is 13.9 Å². The minimum Gasteiger partial charge on any atom is -0.486 e. The molecule has 0 bridgehead atoms. The first kappa shape index (κ1) is 18.7. The third-order valence-electron chi connectivity index (χ3n) is 4.93. The van der Waals surface area contributed by atoms with E-state index < -0.39 is 0 Å². The van der Waals surface area contributed by atoms with Crippen LogP contribution in [0.15, 0.2) is 40.4 Å². The van der Waals surface area contributed by atoms with Crippen LogP contribution in [0.4, 0.5) is 0 Å². The quantitative estimate of drug-likeness (QED) is 0.589. The highest BCUT2D eigenvalue weighted by atomic mass is 32.1. The Labute approximate surface area is 170 Å². The monoisotopic (exact) mass is 396 g/mol. The van der Waals surface area contributed by atoms with Crippen LogP contribution in [-0.2, 0) is 24.2 Å². The van der Waals surface area contributed by atoms with Crippen LogP contribution in [0, 0.1) is 5.92 Å². The number of aryl methyl sites for hydroxylation is 2. The molecule has 146 valence electrons. The maximum atomic E-state index is 12.5. The van der Waals surface area contributed by atoms with Crippen molar-refractivity contribution in [3.63, 3.8) is 0 Å². The number of furan rings is 1. The van der Waals surface area contributed by atoms with Gasteiger partial charge in [-0.1, -0.05) is 19.9 Å². The predicted octanol–water partition coefficient (Wildman–Crippen LogP) is 4.06. The van der Waals surface area contributed by atoms with Crippen molar-refractivity contribution in [2.24, 2.45) is 5.92 Å². The Bertz CT molecular complexity index is 945. The molecule has 1 aromatic heterocycles. The first-order valence-corrected chi connectivity index (χ1v) is 10.1. The van der Waals surface area contributed by atoms with Gasteiger partial charge >= 0.3 is 0 Å². The number of carbonyl (C=O) groups is 1. The van der Waals surface area contributed by atoms with Crippen LogP contribution in [-0.4, -0.2) is 22.5 Å². The summed E-state index contributed by atoms with van der Waals surface area (Å²) in [6.07, 6.45) is 5.20. The normalized spacial score (nSPS) is 17.5. The van der Waals surface area contributed by atoms with E-state index >= 15 is 0 Å². The molecule has 1 amide bonds. The van der Waals surface area contributed by atoms with Crippen molar-refractivity contribution in [2.75, 3.05) is 6.54 Å². The maximum absolute atomic E-state index is 12.5. The highest BCUT2D eigenvalue weighted by molar-refractivity contribution is 7.80. The molecule has 6 heteroatoms. The second kappa shape index (κ2) is 7.80. The second-order valence-corrected chi connectivity index (χ2v) is 8.06. The van der Waals surface area contributed by atoms with E-state index in [9.17, 15) is 4.79 Å². The number of hydrogen-bond donors (Lipinski definition) is 1. The summed E-state index contributed by atoms with van der Waals surface area (Å²) in [5.74, 6) is 2.39. The van der Waals surface area contributed by atoms with Crippen molar-refractivity contribution in [1.29, 1.82) is 0 Å². The van der Waals surface area contributed by atoms with E-state index in [-0.39, 0.29) is 5.91 Å². The molecule has 1 aliphatic heterocycles. The lowest BCUT2D eigenvalue weighted by Gasteiger charge is -2.15. The molecule has 1 saturated heterocycles. The number of ether oxygens (including phenoxy) is 1. The van der Waals surface area contributed by atoms with Gasteiger partial charge in [-0.25, -0.2) is 0 Å². The van der Waals surface area contributed by atoms with Crippen molar-refractivity contribution in [2.45, 2.75) is 39.7 Å². The zero-order chi connectivity index (χ0) is 19.7. The molecular formula is C22H24N2O3S. The molecule has 1 N–H and O–H groups in total. The average Bonchev–Trinajstić information content (AvgIpc) is 3.36. The fraction of sp³-hybridized carbons (Fsp3) is 0.364. The largest absolute Gasteiger partial charge is 0.486 e. The summed E-state index contributed by atoms with van der Waals surface area (Å²) in [5.41, 5.74) is 3.25. The number of nitrogens with zero attached hydrogens (tertiary/aromatic N) is 1. The SMILES string of the molecule is CC(C)CN1C(=O)/C(=C\c2ccc(COc3ccc4c(c3)CCC4)o2)NC1=S. The van der Waals surface area contributed by atoms with Crippen LogP contribution in [0.25, 0.3) is 6.08 Å². The lowest BCUT2D eigenvalue weighted by atomic mass is 10.1. The number of hydrogen-bond acceptors (Lipinski definition) is 4. The van der Waals surface area contributed by atoms with E-state index in [4.69, 9.17) is 21.4 Å². The lowest BCUT2D eigenvalue weighted by Crippen LogP contribution is -2.33. The van der Waals surface area contributed by atoms with Crippen LogP contribution >= 0.6 is 12.2 Å². The maximum Gasteiger partial charge on any atom is 0.276 e. The minimum atomic E-state index is -0.119. The lowest BCUT2D eigenvalue weighted by molar-refractivity contribution is -0.122. The van der Waals surface area contributed by atoms with Gasteiger partial charge in [-0.2, -0.15) is 0 Å². The van der Waals surface area contributed by atoms with Gasteiger partial charge in [-0.05, 0) is 72.8 Å². The molecule has 2 aromatic rings. The molecule has 0 atom stereocenters. The summed E-state index contributed by atoms with van der Waals surface area (Å²) in [6, 6.07) is 9.99. The summed E-state index contributed by atoms with van der Waals surface area (Å²) >= 11 is 5.27. The van der Waals surface area contributed by atoms with Gasteiger partial charge in [0.05, 0.1) is 0 Å². The Morgan fingerprint density at radius 2 is 2.07 bits per heavy atom. The molecule has 5 nitrogen and oxygen atoms in total. The number of carbonyl (C=O) groups excluding carboxylic acids is 1. The van der Waals surface area contributed by atoms with Gasteiger partial charge in [0, 0.05) is 12.6 Å². The summed E-state index contributed by atoms with van der Waals surface area (Å²) in [5, 5.41) is 3.42. The number of fused-ring (bicyclic) bond motifs is 1. The first-order valence-electron chi connectivity index (χ1n) is 9.67. The molecule has 1 aliphatic carbocycles. The Kier molecular flexibility index (Phi) is 5.22. The summed E-state index contributed by atoms with van der Waals surface area (Å²) in [6.45, 7) is 5.05.